The van der Waals surface area contributed by atoms with Crippen LogP contribution in [-0.4, -0.2) is 10.2 Å². The third-order valence-electron chi connectivity index (χ3n) is 3.34. The minimum absolute atomic E-state index is 0.686. The molecule has 96 valence electrons. The van der Waals surface area contributed by atoms with E-state index in [1.807, 2.05) is 54.6 Å². The van der Waals surface area contributed by atoms with Gasteiger partial charge in [0.2, 0.25) is 0 Å². The molecule has 0 aliphatic rings. The summed E-state index contributed by atoms with van der Waals surface area (Å²) in [5.74, 6) is 0.686. The molecule has 0 spiro atoms. The molecule has 0 saturated heterocycles. The van der Waals surface area contributed by atoms with E-state index in [4.69, 9.17) is 16.6 Å². The molecule has 0 radical (unpaired) electrons. The van der Waals surface area contributed by atoms with Gasteiger partial charge in [-0.2, -0.15) is 5.10 Å². The Hall–Kier alpha value is -2.46. The molecule has 0 bridgehead atoms. The third-order valence-corrected chi connectivity index (χ3v) is 3.68. The number of benzene rings is 2. The van der Waals surface area contributed by atoms with Gasteiger partial charge in [0, 0.05) is 16.8 Å². The van der Waals surface area contributed by atoms with E-state index in [0.717, 1.165) is 32.1 Å². The molecule has 0 aliphatic heterocycles. The van der Waals surface area contributed by atoms with Crippen LogP contribution in [0.5, 0.6) is 0 Å². The normalized spacial score (nSPS) is 11.2. The number of H-pyrrole nitrogens is 1. The average Bonchev–Trinajstić information content (AvgIpc) is 2.91. The van der Waals surface area contributed by atoms with E-state index < -0.39 is 0 Å². The summed E-state index contributed by atoms with van der Waals surface area (Å²) < 4.78 is 6.72. The maximum atomic E-state index is 5.95. The van der Waals surface area contributed by atoms with E-state index in [-0.39, 0.29) is 0 Å². The molecular weight excluding hydrogens is 268 g/mol. The summed E-state index contributed by atoms with van der Waals surface area (Å²) in [4.78, 5) is 0. The number of para-hydroxylation sites is 2. The number of nitrogens with one attached hydrogen (secondary N) is 1. The average molecular weight is 278 g/mol. The van der Waals surface area contributed by atoms with Crippen molar-refractivity contribution in [2.75, 3.05) is 0 Å². The van der Waals surface area contributed by atoms with Crippen molar-refractivity contribution in [2.45, 2.75) is 0 Å². The van der Waals surface area contributed by atoms with Crippen molar-refractivity contribution in [1.29, 1.82) is 0 Å². The first-order valence-electron chi connectivity index (χ1n) is 6.29. The van der Waals surface area contributed by atoms with Crippen molar-refractivity contribution >= 4 is 34.1 Å². The summed E-state index contributed by atoms with van der Waals surface area (Å²) in [5, 5.41) is 9.34. The SMILES string of the molecule is S=c1cc(-c2n[nH]c3ccccc23)oc2ccccc12. The van der Waals surface area contributed by atoms with Crippen molar-refractivity contribution in [3.05, 3.63) is 59.1 Å². The molecule has 0 atom stereocenters. The summed E-state index contributed by atoms with van der Waals surface area (Å²) in [6.45, 7) is 0. The molecule has 1 N–H and O–H groups in total. The predicted molar refractivity (Wildman–Crippen MR) is 82.1 cm³/mol. The van der Waals surface area contributed by atoms with Gasteiger partial charge in [-0.15, -0.1) is 0 Å². The fourth-order valence-electron chi connectivity index (χ4n) is 2.37. The van der Waals surface area contributed by atoms with Crippen molar-refractivity contribution in [1.82, 2.24) is 10.2 Å². The molecule has 20 heavy (non-hydrogen) atoms. The Morgan fingerprint density at radius 1 is 0.950 bits per heavy atom. The third kappa shape index (κ3) is 1.66. The molecule has 0 amide bonds. The fourth-order valence-corrected chi connectivity index (χ4v) is 2.65. The molecule has 0 saturated carbocycles. The van der Waals surface area contributed by atoms with Crippen LogP contribution in [0.4, 0.5) is 0 Å². The van der Waals surface area contributed by atoms with Gasteiger partial charge >= 0.3 is 0 Å². The molecule has 2 aromatic heterocycles. The molecule has 4 heteroatoms. The molecule has 3 nitrogen and oxygen atoms in total. The summed E-state index contributed by atoms with van der Waals surface area (Å²) in [6, 6.07) is 17.6. The van der Waals surface area contributed by atoms with E-state index in [0.29, 0.717) is 5.76 Å². The van der Waals surface area contributed by atoms with Gasteiger partial charge in [0.1, 0.15) is 11.3 Å². The zero-order chi connectivity index (χ0) is 13.5. The summed E-state index contributed by atoms with van der Waals surface area (Å²) in [7, 11) is 0. The van der Waals surface area contributed by atoms with Gasteiger partial charge in [0.05, 0.1) is 10.0 Å². The van der Waals surface area contributed by atoms with E-state index in [1.165, 1.54) is 0 Å². The van der Waals surface area contributed by atoms with Crippen molar-refractivity contribution < 1.29 is 4.42 Å². The maximum Gasteiger partial charge on any atom is 0.157 e. The van der Waals surface area contributed by atoms with Crippen LogP contribution in [0, 0.1) is 4.51 Å². The fraction of sp³-hybridized carbons (Fsp3) is 0. The second kappa shape index (κ2) is 4.28. The van der Waals surface area contributed by atoms with Crippen LogP contribution in [0.25, 0.3) is 33.3 Å². The number of hydrogen-bond donors (Lipinski definition) is 1. The van der Waals surface area contributed by atoms with Crippen molar-refractivity contribution in [2.24, 2.45) is 0 Å². The Morgan fingerprint density at radius 3 is 2.60 bits per heavy atom. The van der Waals surface area contributed by atoms with Gasteiger partial charge in [0.15, 0.2) is 5.76 Å². The Balaban J connectivity index is 2.05. The monoisotopic (exact) mass is 278 g/mol. The second-order valence-electron chi connectivity index (χ2n) is 4.59. The van der Waals surface area contributed by atoms with Gasteiger partial charge in [-0.1, -0.05) is 42.5 Å². The lowest BCUT2D eigenvalue weighted by atomic mass is 10.1. The van der Waals surface area contributed by atoms with Crippen LogP contribution in [0.2, 0.25) is 0 Å². The van der Waals surface area contributed by atoms with Crippen molar-refractivity contribution in [3.8, 4) is 11.5 Å². The summed E-state index contributed by atoms with van der Waals surface area (Å²) in [6.07, 6.45) is 0. The highest BCUT2D eigenvalue weighted by molar-refractivity contribution is 7.71. The first-order chi connectivity index (χ1) is 9.83. The van der Waals surface area contributed by atoms with Crippen LogP contribution >= 0.6 is 12.2 Å². The number of aromatic amines is 1. The van der Waals surface area contributed by atoms with Gasteiger partial charge in [-0.3, -0.25) is 5.10 Å². The largest absolute Gasteiger partial charge is 0.454 e. The zero-order valence-electron chi connectivity index (χ0n) is 10.5. The van der Waals surface area contributed by atoms with Crippen LogP contribution in [0.1, 0.15) is 0 Å². The number of nitrogens with zero attached hydrogens (tertiary/aromatic N) is 1. The highest BCUT2D eigenvalue weighted by Crippen LogP contribution is 2.29. The Bertz CT molecular complexity index is 984. The van der Waals surface area contributed by atoms with Gasteiger partial charge in [-0.25, -0.2) is 0 Å². The smallest absolute Gasteiger partial charge is 0.157 e. The topological polar surface area (TPSA) is 41.8 Å². The lowest BCUT2D eigenvalue weighted by Gasteiger charge is -2.01. The minimum atomic E-state index is 0.686. The van der Waals surface area contributed by atoms with Crippen molar-refractivity contribution in [3.63, 3.8) is 0 Å². The minimum Gasteiger partial charge on any atom is -0.454 e. The van der Waals surface area contributed by atoms with Gasteiger partial charge < -0.3 is 4.42 Å². The molecule has 2 aromatic carbocycles. The molecule has 2 heterocycles. The van der Waals surface area contributed by atoms with Crippen LogP contribution < -0.4 is 0 Å². The summed E-state index contributed by atoms with van der Waals surface area (Å²) in [5.41, 5.74) is 2.55. The number of fused-ring (bicyclic) bond motifs is 2. The highest BCUT2D eigenvalue weighted by atomic mass is 32.1. The standard InChI is InChI=1S/C16H10N2OS/c20-15-9-14(19-13-8-4-2-6-11(13)15)16-10-5-1-3-7-12(10)17-18-16/h1-9H,(H,17,18). The first kappa shape index (κ1) is 11.4. The summed E-state index contributed by atoms with van der Waals surface area (Å²) >= 11 is 5.44. The van der Waals surface area contributed by atoms with E-state index in [2.05, 4.69) is 10.2 Å². The van der Waals surface area contributed by atoms with Crippen LogP contribution in [0.15, 0.2) is 59.0 Å². The van der Waals surface area contributed by atoms with E-state index >= 15 is 0 Å². The lowest BCUT2D eigenvalue weighted by molar-refractivity contribution is 0.617. The van der Waals surface area contributed by atoms with Crippen LogP contribution in [0.3, 0.4) is 0 Å². The van der Waals surface area contributed by atoms with Gasteiger partial charge in [-0.05, 0) is 18.2 Å². The zero-order valence-corrected chi connectivity index (χ0v) is 11.3. The molecule has 0 aliphatic carbocycles. The quantitative estimate of drug-likeness (QED) is 0.513. The lowest BCUT2D eigenvalue weighted by Crippen LogP contribution is -1.81. The predicted octanol–water partition coefficient (Wildman–Crippen LogP) is 4.71. The first-order valence-corrected chi connectivity index (χ1v) is 6.70. The Labute approximate surface area is 119 Å². The molecule has 0 unspecified atom stereocenters. The molecule has 4 aromatic rings. The molecule has 0 fully saturated rings. The van der Waals surface area contributed by atoms with E-state index in [1.54, 1.807) is 0 Å². The second-order valence-corrected chi connectivity index (χ2v) is 5.03. The molecule has 4 rings (SSSR count). The van der Waals surface area contributed by atoms with Crippen LogP contribution in [-0.2, 0) is 0 Å². The number of hydrogen-bond acceptors (Lipinski definition) is 3. The highest BCUT2D eigenvalue weighted by Gasteiger charge is 2.11. The van der Waals surface area contributed by atoms with E-state index in [9.17, 15) is 0 Å². The Kier molecular flexibility index (Phi) is 2.44. The molecular formula is C16H10N2OS. The maximum absolute atomic E-state index is 5.95. The van der Waals surface area contributed by atoms with Gasteiger partial charge in [0.25, 0.3) is 0 Å². The number of rotatable bonds is 1. The Morgan fingerprint density at radius 2 is 1.70 bits per heavy atom. The number of aromatic nitrogens is 2.